The maximum absolute atomic E-state index is 8.54. The van der Waals surface area contributed by atoms with Crippen LogP contribution in [0.1, 0.15) is 32.6 Å². The zero-order valence-corrected chi connectivity index (χ0v) is 8.42. The summed E-state index contributed by atoms with van der Waals surface area (Å²) in [5.41, 5.74) is 0.628. The summed E-state index contributed by atoms with van der Waals surface area (Å²) in [6, 6.07) is 2.23. The Morgan fingerprint density at radius 1 is 1.38 bits per heavy atom. The molecule has 1 aliphatic heterocycles. The molecule has 0 atom stereocenters. The molecule has 1 spiro atoms. The van der Waals surface area contributed by atoms with Crippen LogP contribution < -0.4 is 0 Å². The molecule has 0 N–H and O–H groups in total. The lowest BCUT2D eigenvalue weighted by Gasteiger charge is -2.52. The van der Waals surface area contributed by atoms with Crippen molar-refractivity contribution in [2.24, 2.45) is 11.3 Å². The van der Waals surface area contributed by atoms with Crippen molar-refractivity contribution < 1.29 is 0 Å². The van der Waals surface area contributed by atoms with Crippen LogP contribution in [-0.4, -0.2) is 24.5 Å². The molecule has 1 saturated heterocycles. The fourth-order valence-corrected chi connectivity index (χ4v) is 2.80. The van der Waals surface area contributed by atoms with E-state index in [0.717, 1.165) is 5.92 Å². The lowest BCUT2D eigenvalue weighted by atomic mass is 9.66. The Kier molecular flexibility index (Phi) is 2.29. The molecule has 1 aliphatic carbocycles. The van der Waals surface area contributed by atoms with Crippen LogP contribution in [0, 0.1) is 22.7 Å². The summed E-state index contributed by atoms with van der Waals surface area (Å²) >= 11 is 0. The van der Waals surface area contributed by atoms with Crippen molar-refractivity contribution in [1.29, 1.82) is 5.26 Å². The molecular weight excluding hydrogens is 160 g/mol. The van der Waals surface area contributed by atoms with Crippen LogP contribution >= 0.6 is 0 Å². The number of nitrogens with zero attached hydrogens (tertiary/aromatic N) is 2. The molecule has 1 heterocycles. The van der Waals surface area contributed by atoms with Gasteiger partial charge in [0.25, 0.3) is 0 Å². The van der Waals surface area contributed by atoms with E-state index in [4.69, 9.17) is 5.26 Å². The smallest absolute Gasteiger partial charge is 0.0866 e. The van der Waals surface area contributed by atoms with Crippen molar-refractivity contribution in [1.82, 2.24) is 4.90 Å². The van der Waals surface area contributed by atoms with Gasteiger partial charge in [-0.05, 0) is 24.2 Å². The first-order chi connectivity index (χ1) is 6.24. The van der Waals surface area contributed by atoms with Gasteiger partial charge < -0.3 is 0 Å². The molecule has 2 fully saturated rings. The second-order valence-corrected chi connectivity index (χ2v) is 4.99. The van der Waals surface area contributed by atoms with Gasteiger partial charge in [0.1, 0.15) is 0 Å². The standard InChI is InChI=1S/C11H18N2/c1-10-2-4-11(5-3-10)8-13(9-11)7-6-12/h10H,2-5,7-9H2,1H3. The Balaban J connectivity index is 1.80. The van der Waals surface area contributed by atoms with Gasteiger partial charge in [-0.15, -0.1) is 0 Å². The van der Waals surface area contributed by atoms with E-state index in [1.165, 1.54) is 38.8 Å². The first-order valence-electron chi connectivity index (χ1n) is 5.33. The maximum Gasteiger partial charge on any atom is 0.0866 e. The quantitative estimate of drug-likeness (QED) is 0.574. The third kappa shape index (κ3) is 1.71. The molecule has 13 heavy (non-hydrogen) atoms. The molecule has 2 aliphatic rings. The molecule has 1 saturated carbocycles. The lowest BCUT2D eigenvalue weighted by Crippen LogP contribution is -2.57. The third-order valence-electron chi connectivity index (χ3n) is 3.75. The van der Waals surface area contributed by atoms with E-state index in [-0.39, 0.29) is 0 Å². The number of nitriles is 1. The van der Waals surface area contributed by atoms with Crippen molar-refractivity contribution in [2.45, 2.75) is 32.6 Å². The molecule has 0 aromatic heterocycles. The van der Waals surface area contributed by atoms with Gasteiger partial charge in [-0.1, -0.05) is 19.8 Å². The van der Waals surface area contributed by atoms with E-state index in [1.54, 1.807) is 0 Å². The van der Waals surface area contributed by atoms with Crippen LogP contribution in [0.4, 0.5) is 0 Å². The molecule has 2 rings (SSSR count). The van der Waals surface area contributed by atoms with E-state index >= 15 is 0 Å². The Morgan fingerprint density at radius 2 is 2.00 bits per heavy atom. The van der Waals surface area contributed by atoms with Crippen molar-refractivity contribution in [3.05, 3.63) is 0 Å². The fraction of sp³-hybridized carbons (Fsp3) is 0.909. The molecule has 2 nitrogen and oxygen atoms in total. The monoisotopic (exact) mass is 178 g/mol. The van der Waals surface area contributed by atoms with E-state index in [1.807, 2.05) is 0 Å². The van der Waals surface area contributed by atoms with Gasteiger partial charge >= 0.3 is 0 Å². The van der Waals surface area contributed by atoms with Crippen molar-refractivity contribution in [3.8, 4) is 6.07 Å². The number of hydrogen-bond acceptors (Lipinski definition) is 2. The van der Waals surface area contributed by atoms with Gasteiger partial charge in [0.15, 0.2) is 0 Å². The molecule has 0 amide bonds. The zero-order chi connectivity index (χ0) is 9.31. The molecule has 2 heteroatoms. The minimum atomic E-state index is 0.628. The number of hydrogen-bond donors (Lipinski definition) is 0. The van der Waals surface area contributed by atoms with Gasteiger partial charge in [0.05, 0.1) is 12.6 Å². The summed E-state index contributed by atoms with van der Waals surface area (Å²) in [6.45, 7) is 5.37. The SMILES string of the molecule is CC1CCC2(CC1)CN(CC#N)C2. The van der Waals surface area contributed by atoms with Crippen LogP contribution in [0.2, 0.25) is 0 Å². The van der Waals surface area contributed by atoms with Crippen LogP contribution in [0.3, 0.4) is 0 Å². The van der Waals surface area contributed by atoms with Gasteiger partial charge in [-0.25, -0.2) is 0 Å². The topological polar surface area (TPSA) is 27.0 Å². The van der Waals surface area contributed by atoms with E-state index < -0.39 is 0 Å². The van der Waals surface area contributed by atoms with E-state index in [0.29, 0.717) is 12.0 Å². The number of likely N-dealkylation sites (tertiary alicyclic amines) is 1. The molecule has 0 radical (unpaired) electrons. The first-order valence-corrected chi connectivity index (χ1v) is 5.33. The molecule has 0 aromatic carbocycles. The molecule has 0 unspecified atom stereocenters. The van der Waals surface area contributed by atoms with Crippen LogP contribution in [0.15, 0.2) is 0 Å². The largest absolute Gasteiger partial charge is 0.289 e. The highest BCUT2D eigenvalue weighted by Gasteiger charge is 2.43. The summed E-state index contributed by atoms with van der Waals surface area (Å²) < 4.78 is 0. The Hall–Kier alpha value is -0.550. The average Bonchev–Trinajstić information content (AvgIpc) is 2.07. The Labute approximate surface area is 80.5 Å². The zero-order valence-electron chi connectivity index (χ0n) is 8.42. The summed E-state index contributed by atoms with van der Waals surface area (Å²) in [5.74, 6) is 0.940. The minimum Gasteiger partial charge on any atom is -0.289 e. The second-order valence-electron chi connectivity index (χ2n) is 4.99. The van der Waals surface area contributed by atoms with Crippen molar-refractivity contribution in [3.63, 3.8) is 0 Å². The van der Waals surface area contributed by atoms with Crippen LogP contribution in [-0.2, 0) is 0 Å². The summed E-state index contributed by atoms with van der Waals surface area (Å²) in [5, 5.41) is 8.54. The van der Waals surface area contributed by atoms with Crippen molar-refractivity contribution >= 4 is 0 Å². The number of rotatable bonds is 1. The highest BCUT2D eigenvalue weighted by molar-refractivity contribution is 4.99. The third-order valence-corrected chi connectivity index (χ3v) is 3.75. The lowest BCUT2D eigenvalue weighted by molar-refractivity contribution is -0.0279. The maximum atomic E-state index is 8.54. The highest BCUT2D eigenvalue weighted by atomic mass is 15.2. The second kappa shape index (κ2) is 3.31. The molecular formula is C11H18N2. The van der Waals surface area contributed by atoms with Crippen LogP contribution in [0.25, 0.3) is 0 Å². The van der Waals surface area contributed by atoms with Gasteiger partial charge in [-0.3, -0.25) is 4.90 Å². The van der Waals surface area contributed by atoms with Gasteiger partial charge in [-0.2, -0.15) is 5.26 Å². The van der Waals surface area contributed by atoms with E-state index in [9.17, 15) is 0 Å². The van der Waals surface area contributed by atoms with Gasteiger partial charge in [0.2, 0.25) is 0 Å². The predicted molar refractivity (Wildman–Crippen MR) is 52.1 cm³/mol. The molecule has 0 bridgehead atoms. The molecule has 72 valence electrons. The Morgan fingerprint density at radius 3 is 2.54 bits per heavy atom. The molecule has 0 aromatic rings. The average molecular weight is 178 g/mol. The summed E-state index contributed by atoms with van der Waals surface area (Å²) in [4.78, 5) is 2.27. The van der Waals surface area contributed by atoms with E-state index in [2.05, 4.69) is 17.9 Å². The predicted octanol–water partition coefficient (Wildman–Crippen LogP) is 2.02. The fourth-order valence-electron chi connectivity index (χ4n) is 2.80. The summed E-state index contributed by atoms with van der Waals surface area (Å²) in [7, 11) is 0. The Bertz CT molecular complexity index is 213. The van der Waals surface area contributed by atoms with Crippen LogP contribution in [0.5, 0.6) is 0 Å². The van der Waals surface area contributed by atoms with Crippen molar-refractivity contribution in [2.75, 3.05) is 19.6 Å². The summed E-state index contributed by atoms with van der Waals surface area (Å²) in [6.07, 6.45) is 5.60. The van der Waals surface area contributed by atoms with Gasteiger partial charge in [0, 0.05) is 13.1 Å². The minimum absolute atomic E-state index is 0.628. The first kappa shape index (κ1) is 9.02. The normalized spacial score (nSPS) is 28.3. The highest BCUT2D eigenvalue weighted by Crippen LogP contribution is 2.45.